The number of nitrogens with two attached hydrogens (primary N) is 1. The van der Waals surface area contributed by atoms with Crippen LogP contribution in [-0.2, 0) is 16.0 Å². The maximum Gasteiger partial charge on any atom is 0.227 e. The normalized spacial score (nSPS) is 16.0. The number of benzene rings is 1. The van der Waals surface area contributed by atoms with E-state index >= 15 is 0 Å². The number of Topliss-reactive ketones (excluding diaryl/α,β-unsaturated/α-hetero) is 1. The van der Waals surface area contributed by atoms with Crippen molar-refractivity contribution in [1.29, 1.82) is 0 Å². The summed E-state index contributed by atoms with van der Waals surface area (Å²) in [7, 11) is 0. The summed E-state index contributed by atoms with van der Waals surface area (Å²) < 4.78 is 0. The molecule has 0 aliphatic carbocycles. The summed E-state index contributed by atoms with van der Waals surface area (Å²) in [6.07, 6.45) is 1.37. The largest absolute Gasteiger partial charge is 0.399 e. The van der Waals surface area contributed by atoms with Crippen LogP contribution in [0.25, 0.3) is 0 Å². The number of rotatable bonds is 2. The molecular formula is C13H16N2O2. The fourth-order valence-corrected chi connectivity index (χ4v) is 1.93. The lowest BCUT2D eigenvalue weighted by molar-refractivity contribution is -0.133. The van der Waals surface area contributed by atoms with Crippen LogP contribution in [0.2, 0.25) is 0 Å². The number of likely N-dealkylation sites (tertiary alicyclic amines) is 1. The quantitative estimate of drug-likeness (QED) is 0.774. The van der Waals surface area contributed by atoms with Gasteiger partial charge < -0.3 is 10.6 Å². The summed E-state index contributed by atoms with van der Waals surface area (Å²) in [5, 5.41) is 0. The zero-order chi connectivity index (χ0) is 12.3. The molecule has 0 aromatic heterocycles. The summed E-state index contributed by atoms with van der Waals surface area (Å²) >= 11 is 0. The van der Waals surface area contributed by atoms with E-state index in [0.717, 1.165) is 5.56 Å². The number of hydrogen-bond donors (Lipinski definition) is 1. The Balaban J connectivity index is 1.92. The van der Waals surface area contributed by atoms with E-state index in [1.165, 1.54) is 0 Å². The molecular weight excluding hydrogens is 216 g/mol. The van der Waals surface area contributed by atoms with E-state index in [1.54, 1.807) is 17.0 Å². The third kappa shape index (κ3) is 3.06. The predicted octanol–water partition coefficient (Wildman–Crippen LogP) is 1.00. The third-order valence-electron chi connectivity index (χ3n) is 3.01. The maximum atomic E-state index is 11.9. The van der Waals surface area contributed by atoms with Crippen LogP contribution in [0, 0.1) is 0 Å². The zero-order valence-electron chi connectivity index (χ0n) is 9.69. The molecule has 1 aromatic rings. The van der Waals surface area contributed by atoms with E-state index in [2.05, 4.69) is 0 Å². The molecule has 4 nitrogen and oxygen atoms in total. The average Bonchev–Trinajstić information content (AvgIpc) is 2.33. The number of carbonyl (C=O) groups excluding carboxylic acids is 2. The highest BCUT2D eigenvalue weighted by molar-refractivity contribution is 5.84. The lowest BCUT2D eigenvalue weighted by Crippen LogP contribution is -2.39. The minimum atomic E-state index is 0.0854. The number of nitrogens with zero attached hydrogens (tertiary/aromatic N) is 1. The number of hydrogen-bond acceptors (Lipinski definition) is 3. The van der Waals surface area contributed by atoms with Crippen molar-refractivity contribution in [2.45, 2.75) is 19.3 Å². The number of nitrogen functional groups attached to an aromatic ring is 1. The Labute approximate surface area is 100 Å². The standard InChI is InChI=1S/C13H16N2O2/c14-11-3-1-10(2-4-11)9-13(17)15-7-5-12(16)6-8-15/h1-4H,5-9,14H2. The Kier molecular flexibility index (Phi) is 3.42. The molecule has 1 aromatic carbocycles. The minimum Gasteiger partial charge on any atom is -0.399 e. The Morgan fingerprint density at radius 2 is 1.76 bits per heavy atom. The van der Waals surface area contributed by atoms with Crippen LogP contribution in [0.5, 0.6) is 0 Å². The maximum absolute atomic E-state index is 11.9. The van der Waals surface area contributed by atoms with E-state index in [0.29, 0.717) is 38.0 Å². The number of ketones is 1. The van der Waals surface area contributed by atoms with Crippen LogP contribution in [0.15, 0.2) is 24.3 Å². The van der Waals surface area contributed by atoms with E-state index in [-0.39, 0.29) is 11.7 Å². The van der Waals surface area contributed by atoms with Gasteiger partial charge in [0.2, 0.25) is 5.91 Å². The lowest BCUT2D eigenvalue weighted by Gasteiger charge is -2.26. The Morgan fingerprint density at radius 3 is 2.35 bits per heavy atom. The highest BCUT2D eigenvalue weighted by Crippen LogP contribution is 2.11. The van der Waals surface area contributed by atoms with Crippen molar-refractivity contribution in [3.05, 3.63) is 29.8 Å². The summed E-state index contributed by atoms with van der Waals surface area (Å²) in [6.45, 7) is 1.12. The van der Waals surface area contributed by atoms with E-state index in [9.17, 15) is 9.59 Å². The summed E-state index contributed by atoms with van der Waals surface area (Å²) in [5.74, 6) is 0.337. The van der Waals surface area contributed by atoms with Crippen LogP contribution in [0.3, 0.4) is 0 Å². The molecule has 0 spiro atoms. The summed E-state index contributed by atoms with van der Waals surface area (Å²) in [5.41, 5.74) is 7.24. The van der Waals surface area contributed by atoms with Crippen LogP contribution in [0.1, 0.15) is 18.4 Å². The number of anilines is 1. The van der Waals surface area contributed by atoms with Gasteiger partial charge in [-0.3, -0.25) is 9.59 Å². The van der Waals surface area contributed by atoms with Crippen LogP contribution in [-0.4, -0.2) is 29.7 Å². The van der Waals surface area contributed by atoms with Gasteiger partial charge in [-0.25, -0.2) is 0 Å². The Bertz CT molecular complexity index is 416. The molecule has 1 aliphatic heterocycles. The second-order valence-corrected chi connectivity index (χ2v) is 4.34. The predicted molar refractivity (Wildman–Crippen MR) is 65.4 cm³/mol. The minimum absolute atomic E-state index is 0.0854. The molecule has 0 bridgehead atoms. The van der Waals surface area contributed by atoms with Crippen molar-refractivity contribution in [1.82, 2.24) is 4.90 Å². The van der Waals surface area contributed by atoms with Gasteiger partial charge in [0, 0.05) is 31.6 Å². The highest BCUT2D eigenvalue weighted by Gasteiger charge is 2.20. The second kappa shape index (κ2) is 4.99. The summed E-state index contributed by atoms with van der Waals surface area (Å²) in [4.78, 5) is 24.8. The molecule has 1 aliphatic rings. The molecule has 1 amide bonds. The van der Waals surface area contributed by atoms with Gasteiger partial charge in [-0.15, -0.1) is 0 Å². The van der Waals surface area contributed by atoms with Crippen molar-refractivity contribution < 1.29 is 9.59 Å². The second-order valence-electron chi connectivity index (χ2n) is 4.34. The van der Waals surface area contributed by atoms with Crippen molar-refractivity contribution in [2.75, 3.05) is 18.8 Å². The molecule has 90 valence electrons. The van der Waals surface area contributed by atoms with Gasteiger partial charge in [0.25, 0.3) is 0 Å². The first kappa shape index (κ1) is 11.6. The van der Waals surface area contributed by atoms with Gasteiger partial charge in [0.1, 0.15) is 5.78 Å². The van der Waals surface area contributed by atoms with Crippen molar-refractivity contribution in [3.8, 4) is 0 Å². The van der Waals surface area contributed by atoms with E-state index in [1.807, 2.05) is 12.1 Å². The molecule has 0 saturated carbocycles. The Morgan fingerprint density at radius 1 is 1.18 bits per heavy atom. The molecule has 2 rings (SSSR count). The van der Waals surface area contributed by atoms with Gasteiger partial charge in [0.15, 0.2) is 0 Å². The van der Waals surface area contributed by atoms with Crippen LogP contribution >= 0.6 is 0 Å². The van der Waals surface area contributed by atoms with Crippen LogP contribution < -0.4 is 5.73 Å². The van der Waals surface area contributed by atoms with Gasteiger partial charge in [-0.05, 0) is 17.7 Å². The van der Waals surface area contributed by atoms with Gasteiger partial charge in [-0.2, -0.15) is 0 Å². The highest BCUT2D eigenvalue weighted by atomic mass is 16.2. The third-order valence-corrected chi connectivity index (χ3v) is 3.01. The van der Waals surface area contributed by atoms with Gasteiger partial charge >= 0.3 is 0 Å². The van der Waals surface area contributed by atoms with Gasteiger partial charge in [-0.1, -0.05) is 12.1 Å². The molecule has 1 heterocycles. The molecule has 0 radical (unpaired) electrons. The van der Waals surface area contributed by atoms with Crippen molar-refractivity contribution in [3.63, 3.8) is 0 Å². The SMILES string of the molecule is Nc1ccc(CC(=O)N2CCC(=O)CC2)cc1. The Hall–Kier alpha value is -1.84. The van der Waals surface area contributed by atoms with Gasteiger partial charge in [0.05, 0.1) is 6.42 Å². The molecule has 17 heavy (non-hydrogen) atoms. The number of carbonyl (C=O) groups is 2. The first-order valence-electron chi connectivity index (χ1n) is 5.79. The molecule has 1 fully saturated rings. The molecule has 4 heteroatoms. The fraction of sp³-hybridized carbons (Fsp3) is 0.385. The first-order valence-corrected chi connectivity index (χ1v) is 5.79. The monoisotopic (exact) mass is 232 g/mol. The van der Waals surface area contributed by atoms with E-state index < -0.39 is 0 Å². The topological polar surface area (TPSA) is 63.4 Å². The molecule has 1 saturated heterocycles. The van der Waals surface area contributed by atoms with Crippen LogP contribution in [0.4, 0.5) is 5.69 Å². The fourth-order valence-electron chi connectivity index (χ4n) is 1.93. The lowest BCUT2D eigenvalue weighted by atomic mass is 10.1. The number of amides is 1. The molecule has 0 unspecified atom stereocenters. The molecule has 2 N–H and O–H groups in total. The number of piperidine rings is 1. The summed E-state index contributed by atoms with van der Waals surface area (Å²) in [6, 6.07) is 7.31. The molecule has 0 atom stereocenters. The first-order chi connectivity index (χ1) is 8.15. The van der Waals surface area contributed by atoms with Crippen molar-refractivity contribution >= 4 is 17.4 Å². The average molecular weight is 232 g/mol. The zero-order valence-corrected chi connectivity index (χ0v) is 9.69. The van der Waals surface area contributed by atoms with Crippen molar-refractivity contribution in [2.24, 2.45) is 0 Å². The van der Waals surface area contributed by atoms with E-state index in [4.69, 9.17) is 5.73 Å². The smallest absolute Gasteiger partial charge is 0.227 e.